The number of amidine groups is 1. The average Bonchev–Trinajstić information content (AvgIpc) is 1.88. The molecular weight excluding hydrogens is 146 g/mol. The van der Waals surface area contributed by atoms with Crippen LogP contribution in [-0.2, 0) is 0 Å². The van der Waals surface area contributed by atoms with Crippen molar-refractivity contribution < 1.29 is 5.41 Å². The zero-order valence-corrected chi connectivity index (χ0v) is 6.14. The molecule has 0 spiro atoms. The molecule has 10 heavy (non-hydrogen) atoms. The number of aromatic nitrogens is 1. The molecule has 0 aliphatic carbocycles. The minimum Gasteiger partial charge on any atom is -0.281 e. The number of thioether (sulfide) groups is 1. The van der Waals surface area contributed by atoms with Crippen LogP contribution in [-0.4, -0.2) is 10.2 Å². The van der Waals surface area contributed by atoms with Gasteiger partial charge in [0.1, 0.15) is 5.03 Å². The predicted molar refractivity (Wildman–Crippen MR) is 41.2 cm³/mol. The largest absolute Gasteiger partial charge is 0.306 e. The maximum atomic E-state index is 5.24. The van der Waals surface area contributed by atoms with Crippen molar-refractivity contribution in [2.45, 2.75) is 5.03 Å². The van der Waals surface area contributed by atoms with Crippen LogP contribution in [0.15, 0.2) is 29.4 Å². The summed E-state index contributed by atoms with van der Waals surface area (Å²) in [7, 11) is 0. The topological polar surface area (TPSA) is 64.5 Å². The number of hydrogen-bond donors (Lipinski definition) is 2. The highest BCUT2D eigenvalue weighted by molar-refractivity contribution is 8.13. The summed E-state index contributed by atoms with van der Waals surface area (Å²) in [6.07, 6.45) is 1.70. The fourth-order valence-corrected chi connectivity index (χ4v) is 1.03. The first kappa shape index (κ1) is 7.08. The summed E-state index contributed by atoms with van der Waals surface area (Å²) < 4.78 is 0. The normalized spacial score (nSPS) is 9.20. The van der Waals surface area contributed by atoms with Gasteiger partial charge >= 0.3 is 5.17 Å². The van der Waals surface area contributed by atoms with Gasteiger partial charge in [-0.15, -0.1) is 0 Å². The zero-order valence-electron chi connectivity index (χ0n) is 5.32. The molecule has 0 aliphatic heterocycles. The lowest BCUT2D eigenvalue weighted by molar-refractivity contribution is -0.110. The van der Waals surface area contributed by atoms with Gasteiger partial charge in [-0.2, -0.15) is 0 Å². The Kier molecular flexibility index (Phi) is 2.28. The van der Waals surface area contributed by atoms with E-state index in [0.717, 1.165) is 5.03 Å². The summed E-state index contributed by atoms with van der Waals surface area (Å²) >= 11 is 1.26. The van der Waals surface area contributed by atoms with E-state index in [0.29, 0.717) is 5.17 Å². The molecule has 1 rings (SSSR count). The van der Waals surface area contributed by atoms with Crippen molar-refractivity contribution in [1.82, 2.24) is 4.98 Å². The highest BCUT2D eigenvalue weighted by atomic mass is 32.2. The Labute approximate surface area is 63.2 Å². The Morgan fingerprint density at radius 2 is 2.40 bits per heavy atom. The predicted octanol–water partition coefficient (Wildman–Crippen LogP) is -0.753. The lowest BCUT2D eigenvalue weighted by Crippen LogP contribution is -2.43. The third-order valence-electron chi connectivity index (χ3n) is 0.860. The van der Waals surface area contributed by atoms with Gasteiger partial charge in [0.15, 0.2) is 0 Å². The molecule has 0 aromatic carbocycles. The highest BCUT2D eigenvalue weighted by Gasteiger charge is 1.98. The molecule has 0 amide bonds. The monoisotopic (exact) mass is 154 g/mol. The quantitative estimate of drug-likeness (QED) is 0.318. The van der Waals surface area contributed by atoms with Gasteiger partial charge in [0, 0.05) is 18.0 Å². The van der Waals surface area contributed by atoms with Gasteiger partial charge in [-0.05, 0) is 12.1 Å². The first-order valence-corrected chi connectivity index (χ1v) is 3.57. The molecule has 0 bridgehead atoms. The number of hydrogen-bond acceptors (Lipinski definition) is 2. The summed E-state index contributed by atoms with van der Waals surface area (Å²) in [6.45, 7) is 0. The van der Waals surface area contributed by atoms with E-state index in [1.165, 1.54) is 11.8 Å². The molecule has 4 heteroatoms. The van der Waals surface area contributed by atoms with E-state index in [9.17, 15) is 0 Å². The summed E-state index contributed by atoms with van der Waals surface area (Å²) in [6, 6.07) is 5.58. The molecule has 1 aromatic rings. The molecule has 0 radical (unpaired) electrons. The molecule has 52 valence electrons. The SMILES string of the molecule is NC(=[NH2+])Sc1ccccn1. The van der Waals surface area contributed by atoms with E-state index in [1.807, 2.05) is 18.2 Å². The molecule has 1 aromatic heterocycles. The van der Waals surface area contributed by atoms with Gasteiger partial charge in [0.2, 0.25) is 0 Å². The third kappa shape index (κ3) is 2.06. The van der Waals surface area contributed by atoms with Crippen LogP contribution in [0.2, 0.25) is 0 Å². The second-order valence-electron chi connectivity index (χ2n) is 1.67. The second kappa shape index (κ2) is 3.22. The van der Waals surface area contributed by atoms with Crippen LogP contribution >= 0.6 is 11.8 Å². The van der Waals surface area contributed by atoms with Crippen LogP contribution in [0.25, 0.3) is 0 Å². The van der Waals surface area contributed by atoms with Gasteiger partial charge < -0.3 is 0 Å². The van der Waals surface area contributed by atoms with E-state index in [1.54, 1.807) is 6.20 Å². The number of pyridine rings is 1. The lowest BCUT2D eigenvalue weighted by atomic mass is 10.5. The van der Waals surface area contributed by atoms with Gasteiger partial charge in [-0.3, -0.25) is 11.1 Å². The minimum absolute atomic E-state index is 0.318. The molecule has 0 aliphatic rings. The van der Waals surface area contributed by atoms with Crippen molar-refractivity contribution in [3.8, 4) is 0 Å². The van der Waals surface area contributed by atoms with Crippen molar-refractivity contribution in [1.29, 1.82) is 0 Å². The molecule has 0 unspecified atom stereocenters. The van der Waals surface area contributed by atoms with Crippen molar-refractivity contribution in [2.24, 2.45) is 5.73 Å². The Bertz CT molecular complexity index is 222. The zero-order chi connectivity index (χ0) is 7.40. The fraction of sp³-hybridized carbons (Fsp3) is 0. The van der Waals surface area contributed by atoms with Crippen molar-refractivity contribution >= 4 is 16.9 Å². The van der Waals surface area contributed by atoms with Crippen molar-refractivity contribution in [2.75, 3.05) is 0 Å². The fourth-order valence-electron chi connectivity index (χ4n) is 0.528. The Morgan fingerprint density at radius 1 is 1.60 bits per heavy atom. The maximum absolute atomic E-state index is 5.24. The Morgan fingerprint density at radius 3 is 2.90 bits per heavy atom. The van der Waals surface area contributed by atoms with E-state index in [4.69, 9.17) is 11.1 Å². The first-order chi connectivity index (χ1) is 4.79. The van der Waals surface area contributed by atoms with Gasteiger partial charge in [-0.25, -0.2) is 4.98 Å². The number of nitrogens with two attached hydrogens (primary N) is 2. The molecule has 1 heterocycles. The number of rotatable bonds is 1. The van der Waals surface area contributed by atoms with Gasteiger partial charge in [0.25, 0.3) is 0 Å². The van der Waals surface area contributed by atoms with E-state index in [2.05, 4.69) is 4.98 Å². The average molecular weight is 154 g/mol. The minimum atomic E-state index is 0.318. The summed E-state index contributed by atoms with van der Waals surface area (Å²) in [5, 5.41) is 6.38. The first-order valence-electron chi connectivity index (χ1n) is 2.76. The Balaban J connectivity index is 2.67. The summed E-state index contributed by atoms with van der Waals surface area (Å²) in [5.41, 5.74) is 5.24. The molecule has 4 N–H and O–H groups in total. The molecule has 0 saturated carbocycles. The van der Waals surface area contributed by atoms with E-state index < -0.39 is 0 Å². The van der Waals surface area contributed by atoms with Crippen molar-refractivity contribution in [3.63, 3.8) is 0 Å². The molecule has 0 atom stereocenters. The van der Waals surface area contributed by atoms with Crippen LogP contribution in [0.1, 0.15) is 0 Å². The second-order valence-corrected chi connectivity index (χ2v) is 2.77. The van der Waals surface area contributed by atoms with E-state index >= 15 is 0 Å². The van der Waals surface area contributed by atoms with Crippen LogP contribution in [0.5, 0.6) is 0 Å². The van der Waals surface area contributed by atoms with Crippen LogP contribution in [0.3, 0.4) is 0 Å². The molecule has 0 saturated heterocycles. The summed E-state index contributed by atoms with van der Waals surface area (Å²) in [5.74, 6) is 0. The molecule has 0 fully saturated rings. The highest BCUT2D eigenvalue weighted by Crippen LogP contribution is 2.10. The Hall–Kier alpha value is -1.03. The van der Waals surface area contributed by atoms with E-state index in [-0.39, 0.29) is 0 Å². The van der Waals surface area contributed by atoms with Crippen LogP contribution in [0.4, 0.5) is 0 Å². The van der Waals surface area contributed by atoms with Gasteiger partial charge in [0.05, 0.1) is 0 Å². The number of nitrogens with zero attached hydrogens (tertiary/aromatic N) is 1. The molecule has 3 nitrogen and oxygen atoms in total. The molecular formula is C6H8N3S+. The lowest BCUT2D eigenvalue weighted by Gasteiger charge is -1.90. The van der Waals surface area contributed by atoms with Crippen molar-refractivity contribution in [3.05, 3.63) is 24.4 Å². The van der Waals surface area contributed by atoms with Gasteiger partial charge in [-0.1, -0.05) is 6.07 Å². The van der Waals surface area contributed by atoms with Crippen LogP contribution in [0, 0.1) is 0 Å². The smallest absolute Gasteiger partial charge is 0.281 e. The maximum Gasteiger partial charge on any atom is 0.306 e. The third-order valence-corrected chi connectivity index (χ3v) is 1.55. The van der Waals surface area contributed by atoms with Crippen LogP contribution < -0.4 is 11.1 Å². The standard InChI is InChI=1S/C6H7N3S/c7-6(8)10-5-3-1-2-4-9-5/h1-4H,(H3,7,8)/p+1. The summed E-state index contributed by atoms with van der Waals surface area (Å²) in [4.78, 5) is 4.00.